The van der Waals surface area contributed by atoms with E-state index in [1.165, 1.54) is 7.11 Å². The fourth-order valence-corrected chi connectivity index (χ4v) is 2.10. The molecule has 19 heavy (non-hydrogen) atoms. The van der Waals surface area contributed by atoms with Gasteiger partial charge in [-0.15, -0.1) is 0 Å². The van der Waals surface area contributed by atoms with Gasteiger partial charge in [-0.05, 0) is 52.7 Å². The van der Waals surface area contributed by atoms with E-state index >= 15 is 0 Å². The molecule has 2 aromatic rings. The third-order valence-electron chi connectivity index (χ3n) is 2.66. The first-order valence-corrected chi connectivity index (χ1v) is 6.52. The summed E-state index contributed by atoms with van der Waals surface area (Å²) in [6.45, 7) is 1.84. The van der Waals surface area contributed by atoms with Crippen LogP contribution in [0.15, 0.2) is 46.9 Å². The van der Waals surface area contributed by atoms with Gasteiger partial charge in [0.25, 0.3) is 0 Å². The molecule has 0 radical (unpaired) electrons. The van der Waals surface area contributed by atoms with Gasteiger partial charge in [-0.1, -0.05) is 18.2 Å². The average molecular weight is 321 g/mol. The van der Waals surface area contributed by atoms with Crippen LogP contribution in [-0.4, -0.2) is 13.1 Å². The van der Waals surface area contributed by atoms with Crippen LogP contribution in [0.3, 0.4) is 0 Å². The minimum atomic E-state index is -0.357. The van der Waals surface area contributed by atoms with Crippen molar-refractivity contribution >= 4 is 21.9 Å². The third kappa shape index (κ3) is 3.15. The maximum absolute atomic E-state index is 11.6. The van der Waals surface area contributed by atoms with Crippen molar-refractivity contribution in [2.24, 2.45) is 0 Å². The Morgan fingerprint density at radius 1 is 1.16 bits per heavy atom. The van der Waals surface area contributed by atoms with E-state index in [9.17, 15) is 4.79 Å². The van der Waals surface area contributed by atoms with E-state index < -0.39 is 0 Å². The first-order chi connectivity index (χ1) is 9.11. The van der Waals surface area contributed by atoms with Crippen molar-refractivity contribution < 1.29 is 14.3 Å². The third-order valence-corrected chi connectivity index (χ3v) is 3.27. The lowest BCUT2D eigenvalue weighted by Crippen LogP contribution is -2.04. The molecule has 0 aliphatic rings. The van der Waals surface area contributed by atoms with Crippen molar-refractivity contribution in [2.75, 3.05) is 7.11 Å². The highest BCUT2D eigenvalue weighted by atomic mass is 79.9. The Kier molecular flexibility index (Phi) is 4.22. The molecule has 2 aromatic carbocycles. The van der Waals surface area contributed by atoms with Crippen LogP contribution < -0.4 is 4.74 Å². The number of halogens is 1. The lowest BCUT2D eigenvalue weighted by molar-refractivity contribution is 0.0600. The van der Waals surface area contributed by atoms with E-state index in [1.807, 2.05) is 43.3 Å². The maximum atomic E-state index is 11.6. The molecule has 0 bridgehead atoms. The minimum absolute atomic E-state index is 0.357. The van der Waals surface area contributed by atoms with E-state index in [2.05, 4.69) is 15.9 Å². The first kappa shape index (κ1) is 13.6. The number of ether oxygens (including phenoxy) is 2. The predicted molar refractivity (Wildman–Crippen MR) is 76.7 cm³/mol. The maximum Gasteiger partial charge on any atom is 0.338 e. The number of hydrogen-bond acceptors (Lipinski definition) is 3. The Balaban J connectivity index is 2.33. The molecule has 2 rings (SSSR count). The zero-order chi connectivity index (χ0) is 13.8. The highest BCUT2D eigenvalue weighted by Gasteiger charge is 2.13. The SMILES string of the molecule is COC(=O)c1cc(Br)c(Oc2ccccc2)cc1C. The van der Waals surface area contributed by atoms with Crippen molar-refractivity contribution in [3.63, 3.8) is 0 Å². The molecular formula is C15H13BrO3. The van der Waals surface area contributed by atoms with E-state index in [4.69, 9.17) is 9.47 Å². The highest BCUT2D eigenvalue weighted by Crippen LogP contribution is 2.32. The van der Waals surface area contributed by atoms with Gasteiger partial charge in [-0.2, -0.15) is 0 Å². The van der Waals surface area contributed by atoms with Crippen molar-refractivity contribution in [1.29, 1.82) is 0 Å². The van der Waals surface area contributed by atoms with Gasteiger partial charge in [-0.25, -0.2) is 4.79 Å². The number of esters is 1. The Labute approximate surface area is 120 Å². The van der Waals surface area contributed by atoms with Crippen molar-refractivity contribution in [2.45, 2.75) is 6.92 Å². The number of rotatable bonds is 3. The lowest BCUT2D eigenvalue weighted by Gasteiger charge is -2.11. The molecular weight excluding hydrogens is 308 g/mol. The summed E-state index contributed by atoms with van der Waals surface area (Å²) in [4.78, 5) is 11.6. The van der Waals surface area contributed by atoms with Gasteiger partial charge in [-0.3, -0.25) is 0 Å². The van der Waals surface area contributed by atoms with Crippen LogP contribution >= 0.6 is 15.9 Å². The second-order valence-corrected chi connectivity index (χ2v) is 4.86. The van der Waals surface area contributed by atoms with Crippen LogP contribution in [0.4, 0.5) is 0 Å². The fourth-order valence-electron chi connectivity index (χ4n) is 1.68. The van der Waals surface area contributed by atoms with E-state index in [0.717, 1.165) is 11.3 Å². The van der Waals surface area contributed by atoms with E-state index in [0.29, 0.717) is 15.8 Å². The van der Waals surface area contributed by atoms with Crippen LogP contribution in [0.5, 0.6) is 11.5 Å². The summed E-state index contributed by atoms with van der Waals surface area (Å²) < 4.78 is 11.2. The minimum Gasteiger partial charge on any atom is -0.465 e. The Morgan fingerprint density at radius 2 is 1.84 bits per heavy atom. The van der Waals surface area contributed by atoms with Crippen molar-refractivity contribution in [3.05, 3.63) is 58.1 Å². The van der Waals surface area contributed by atoms with Gasteiger partial charge < -0.3 is 9.47 Å². The molecule has 0 unspecified atom stereocenters. The number of methoxy groups -OCH3 is 1. The number of benzene rings is 2. The zero-order valence-electron chi connectivity index (χ0n) is 10.6. The van der Waals surface area contributed by atoms with Gasteiger partial charge >= 0.3 is 5.97 Å². The molecule has 0 saturated carbocycles. The summed E-state index contributed by atoms with van der Waals surface area (Å²) in [6.07, 6.45) is 0. The molecule has 0 aliphatic carbocycles. The van der Waals surface area contributed by atoms with Gasteiger partial charge in [0.05, 0.1) is 17.1 Å². The standard InChI is InChI=1S/C15H13BrO3/c1-10-8-14(19-11-6-4-3-5-7-11)13(16)9-12(10)15(17)18-2/h3-9H,1-2H3. The molecule has 0 saturated heterocycles. The largest absolute Gasteiger partial charge is 0.465 e. The molecule has 0 aliphatic heterocycles. The highest BCUT2D eigenvalue weighted by molar-refractivity contribution is 9.10. The summed E-state index contributed by atoms with van der Waals surface area (Å²) >= 11 is 3.40. The van der Waals surface area contributed by atoms with E-state index in [-0.39, 0.29) is 5.97 Å². The van der Waals surface area contributed by atoms with E-state index in [1.54, 1.807) is 6.07 Å². The molecule has 4 heteroatoms. The van der Waals surface area contributed by atoms with Crippen LogP contribution in [0.25, 0.3) is 0 Å². The normalized spacial score (nSPS) is 10.1. The molecule has 98 valence electrons. The Hall–Kier alpha value is -1.81. The van der Waals surface area contributed by atoms with Gasteiger partial charge in [0, 0.05) is 0 Å². The van der Waals surface area contributed by atoms with Crippen molar-refractivity contribution in [3.8, 4) is 11.5 Å². The molecule has 0 fully saturated rings. The predicted octanol–water partition coefficient (Wildman–Crippen LogP) is 4.34. The monoisotopic (exact) mass is 320 g/mol. The summed E-state index contributed by atoms with van der Waals surface area (Å²) in [5.41, 5.74) is 1.33. The summed E-state index contributed by atoms with van der Waals surface area (Å²) in [7, 11) is 1.37. The number of para-hydroxylation sites is 1. The number of carbonyl (C=O) groups excluding carboxylic acids is 1. The average Bonchev–Trinajstić information content (AvgIpc) is 2.43. The van der Waals surface area contributed by atoms with Crippen LogP contribution in [0, 0.1) is 6.92 Å². The number of hydrogen-bond donors (Lipinski definition) is 0. The second kappa shape index (κ2) is 5.89. The molecule has 0 N–H and O–H groups in total. The van der Waals surface area contributed by atoms with Crippen LogP contribution in [0.2, 0.25) is 0 Å². The van der Waals surface area contributed by atoms with Gasteiger partial charge in [0.1, 0.15) is 11.5 Å². The van der Waals surface area contributed by atoms with Crippen molar-refractivity contribution in [1.82, 2.24) is 0 Å². The molecule has 0 aromatic heterocycles. The summed E-state index contributed by atoms with van der Waals surface area (Å²) in [6, 6.07) is 13.0. The first-order valence-electron chi connectivity index (χ1n) is 5.73. The van der Waals surface area contributed by atoms with Gasteiger partial charge in [0.15, 0.2) is 0 Å². The molecule has 0 atom stereocenters. The Bertz CT molecular complexity index is 594. The fraction of sp³-hybridized carbons (Fsp3) is 0.133. The smallest absolute Gasteiger partial charge is 0.338 e. The molecule has 0 heterocycles. The molecule has 3 nitrogen and oxygen atoms in total. The van der Waals surface area contributed by atoms with Gasteiger partial charge in [0.2, 0.25) is 0 Å². The topological polar surface area (TPSA) is 35.5 Å². The Morgan fingerprint density at radius 3 is 2.47 bits per heavy atom. The number of aryl methyl sites for hydroxylation is 1. The lowest BCUT2D eigenvalue weighted by atomic mass is 10.1. The quantitative estimate of drug-likeness (QED) is 0.789. The van der Waals surface area contributed by atoms with Crippen LogP contribution in [-0.2, 0) is 4.74 Å². The molecule has 0 amide bonds. The second-order valence-electron chi connectivity index (χ2n) is 4.00. The molecule has 0 spiro atoms. The summed E-state index contributed by atoms with van der Waals surface area (Å²) in [5, 5.41) is 0. The summed E-state index contributed by atoms with van der Waals surface area (Å²) in [5.74, 6) is 1.05. The zero-order valence-corrected chi connectivity index (χ0v) is 12.2. The van der Waals surface area contributed by atoms with Crippen LogP contribution in [0.1, 0.15) is 15.9 Å². The number of carbonyl (C=O) groups is 1.